The number of hydrogen-bond donors (Lipinski definition) is 0. The Bertz CT molecular complexity index is 577. The summed E-state index contributed by atoms with van der Waals surface area (Å²) in [7, 11) is 0. The van der Waals surface area contributed by atoms with Crippen LogP contribution in [0.5, 0.6) is 0 Å². The molecule has 0 fully saturated rings. The maximum Gasteiger partial charge on any atom is 0.253 e. The van der Waals surface area contributed by atoms with Gasteiger partial charge >= 0.3 is 0 Å². The number of nitrogens with zero attached hydrogens (tertiary/aromatic N) is 2. The molecule has 0 aromatic carbocycles. The van der Waals surface area contributed by atoms with Gasteiger partial charge < -0.3 is 4.79 Å². The standard InChI is InChI=1S/C20H30N2O5/c1-2-3-4-12-15-19(21(24)25)18-20(22(26)27)16-13-10-8-6-5-7-9-11-14-17-23/h5,7-8,10,15-17H,2-4,6,9,11-14,18H2,1H3/b7-5+,10-8+,19-15-,20-16-. The summed E-state index contributed by atoms with van der Waals surface area (Å²) in [6.45, 7) is 2.04. The van der Waals surface area contributed by atoms with Crippen LogP contribution < -0.4 is 0 Å². The van der Waals surface area contributed by atoms with Crippen LogP contribution in [0.25, 0.3) is 0 Å². The first-order chi connectivity index (χ1) is 13.0. The number of hydrogen-bond acceptors (Lipinski definition) is 5. The van der Waals surface area contributed by atoms with Crippen molar-refractivity contribution in [1.29, 1.82) is 0 Å². The molecular formula is C20H30N2O5. The molecule has 0 saturated carbocycles. The van der Waals surface area contributed by atoms with Gasteiger partial charge in [-0.05, 0) is 50.7 Å². The highest BCUT2D eigenvalue weighted by molar-refractivity contribution is 5.49. The van der Waals surface area contributed by atoms with Gasteiger partial charge in [-0.2, -0.15) is 0 Å². The quantitative estimate of drug-likeness (QED) is 0.115. The number of carbonyl (C=O) groups is 1. The molecule has 0 saturated heterocycles. The molecule has 7 heteroatoms. The van der Waals surface area contributed by atoms with E-state index in [0.717, 1.165) is 38.4 Å². The maximum absolute atomic E-state index is 11.2. The van der Waals surface area contributed by atoms with E-state index >= 15 is 0 Å². The van der Waals surface area contributed by atoms with E-state index in [2.05, 4.69) is 0 Å². The highest BCUT2D eigenvalue weighted by atomic mass is 16.6. The zero-order valence-electron chi connectivity index (χ0n) is 16.0. The molecule has 0 atom stereocenters. The number of aldehydes is 1. The SMILES string of the molecule is CCCCC/C=C(/C/C(=C/C/C=C/C/C=C/CCCC=O)[N+](=O)[O-])[N+](=O)[O-]. The van der Waals surface area contributed by atoms with E-state index < -0.39 is 9.85 Å². The van der Waals surface area contributed by atoms with Gasteiger partial charge in [-0.15, -0.1) is 0 Å². The van der Waals surface area contributed by atoms with Crippen molar-refractivity contribution in [1.82, 2.24) is 0 Å². The second-order valence-corrected chi connectivity index (χ2v) is 6.09. The summed E-state index contributed by atoms with van der Waals surface area (Å²) >= 11 is 0. The number of unbranched alkanes of at least 4 members (excludes halogenated alkanes) is 5. The fraction of sp³-hybridized carbons (Fsp3) is 0.550. The Morgan fingerprint density at radius 1 is 0.778 bits per heavy atom. The normalized spacial score (nSPS) is 12.8. The van der Waals surface area contributed by atoms with E-state index in [1.165, 1.54) is 12.2 Å². The van der Waals surface area contributed by atoms with Crippen LogP contribution in [0.4, 0.5) is 0 Å². The van der Waals surface area contributed by atoms with E-state index in [1.807, 2.05) is 25.2 Å². The van der Waals surface area contributed by atoms with Gasteiger partial charge in [0.15, 0.2) is 0 Å². The molecule has 0 aliphatic rings. The minimum absolute atomic E-state index is 0.115. The zero-order chi connectivity index (χ0) is 20.3. The minimum Gasteiger partial charge on any atom is -0.303 e. The van der Waals surface area contributed by atoms with Gasteiger partial charge in [0.25, 0.3) is 11.4 Å². The van der Waals surface area contributed by atoms with Crippen LogP contribution in [0, 0.1) is 20.2 Å². The lowest BCUT2D eigenvalue weighted by atomic mass is 10.1. The molecule has 7 nitrogen and oxygen atoms in total. The van der Waals surface area contributed by atoms with Crippen molar-refractivity contribution in [3.8, 4) is 0 Å². The van der Waals surface area contributed by atoms with Crippen molar-refractivity contribution in [2.45, 2.75) is 71.1 Å². The topological polar surface area (TPSA) is 103 Å². The van der Waals surface area contributed by atoms with Gasteiger partial charge in [0.05, 0.1) is 9.85 Å². The fourth-order valence-electron chi connectivity index (χ4n) is 2.28. The lowest BCUT2D eigenvalue weighted by molar-refractivity contribution is -0.450. The molecule has 0 aromatic heterocycles. The first-order valence-corrected chi connectivity index (χ1v) is 9.43. The number of carbonyl (C=O) groups excluding carboxylic acids is 1. The lowest BCUT2D eigenvalue weighted by Gasteiger charge is -1.99. The Hall–Kier alpha value is -2.57. The first kappa shape index (κ1) is 24.4. The number of allylic oxidation sites excluding steroid dienone is 6. The van der Waals surface area contributed by atoms with Crippen molar-refractivity contribution in [2.24, 2.45) is 0 Å². The monoisotopic (exact) mass is 378 g/mol. The molecule has 0 aromatic rings. The molecule has 0 aliphatic carbocycles. The highest BCUT2D eigenvalue weighted by Crippen LogP contribution is 2.15. The van der Waals surface area contributed by atoms with Crippen molar-refractivity contribution in [3.05, 3.63) is 68.1 Å². The van der Waals surface area contributed by atoms with Crippen molar-refractivity contribution >= 4 is 6.29 Å². The lowest BCUT2D eigenvalue weighted by Crippen LogP contribution is -2.06. The van der Waals surface area contributed by atoms with Crippen molar-refractivity contribution in [2.75, 3.05) is 0 Å². The van der Waals surface area contributed by atoms with Crippen LogP contribution in [-0.4, -0.2) is 16.1 Å². The van der Waals surface area contributed by atoms with Crippen molar-refractivity contribution < 1.29 is 14.6 Å². The molecule has 0 bridgehead atoms. The molecule has 0 spiro atoms. The van der Waals surface area contributed by atoms with Gasteiger partial charge in [0, 0.05) is 6.42 Å². The molecule has 0 heterocycles. The highest BCUT2D eigenvalue weighted by Gasteiger charge is 2.20. The third-order valence-electron chi connectivity index (χ3n) is 3.81. The van der Waals surface area contributed by atoms with Gasteiger partial charge in [0.1, 0.15) is 12.7 Å². The minimum atomic E-state index is -0.551. The Balaban J connectivity index is 4.54. The zero-order valence-corrected chi connectivity index (χ0v) is 16.0. The Labute approximate surface area is 160 Å². The molecular weight excluding hydrogens is 348 g/mol. The average molecular weight is 378 g/mol. The molecule has 0 radical (unpaired) electrons. The summed E-state index contributed by atoms with van der Waals surface area (Å²) < 4.78 is 0. The Morgan fingerprint density at radius 2 is 1.41 bits per heavy atom. The van der Waals surface area contributed by atoms with Crippen LogP contribution in [0.3, 0.4) is 0 Å². The van der Waals surface area contributed by atoms with E-state index in [1.54, 1.807) is 6.08 Å². The number of nitro groups is 2. The average Bonchev–Trinajstić information content (AvgIpc) is 2.63. The van der Waals surface area contributed by atoms with Gasteiger partial charge in [-0.25, -0.2) is 0 Å². The van der Waals surface area contributed by atoms with Gasteiger partial charge in [0.2, 0.25) is 0 Å². The molecule has 0 amide bonds. The van der Waals surface area contributed by atoms with E-state index in [4.69, 9.17) is 0 Å². The predicted octanol–water partition coefficient (Wildman–Crippen LogP) is 5.54. The smallest absolute Gasteiger partial charge is 0.253 e. The van der Waals surface area contributed by atoms with Gasteiger partial charge in [-0.3, -0.25) is 20.2 Å². The van der Waals surface area contributed by atoms with Crippen LogP contribution >= 0.6 is 0 Å². The van der Waals surface area contributed by atoms with Crippen LogP contribution in [-0.2, 0) is 4.79 Å². The first-order valence-electron chi connectivity index (χ1n) is 9.43. The molecule has 0 unspecified atom stereocenters. The molecule has 0 rings (SSSR count). The van der Waals surface area contributed by atoms with E-state index in [9.17, 15) is 25.0 Å². The summed E-state index contributed by atoms with van der Waals surface area (Å²) in [6, 6.07) is 0. The molecule has 0 aliphatic heterocycles. The summed E-state index contributed by atoms with van der Waals surface area (Å²) in [5.74, 6) is 0. The van der Waals surface area contributed by atoms with E-state index in [-0.39, 0.29) is 17.8 Å². The van der Waals surface area contributed by atoms with Crippen LogP contribution in [0.2, 0.25) is 0 Å². The summed E-state index contributed by atoms with van der Waals surface area (Å²) in [5, 5.41) is 22.3. The molecule has 27 heavy (non-hydrogen) atoms. The Kier molecular flexibility index (Phi) is 15.3. The van der Waals surface area contributed by atoms with Crippen LogP contribution in [0.15, 0.2) is 47.9 Å². The summed E-state index contributed by atoms with van der Waals surface area (Å²) in [4.78, 5) is 31.3. The third kappa shape index (κ3) is 14.3. The fourth-order valence-corrected chi connectivity index (χ4v) is 2.28. The Morgan fingerprint density at radius 3 is 2.04 bits per heavy atom. The second kappa shape index (κ2) is 16.9. The maximum atomic E-state index is 11.2. The second-order valence-electron chi connectivity index (χ2n) is 6.09. The molecule has 0 N–H and O–H groups in total. The third-order valence-corrected chi connectivity index (χ3v) is 3.81. The summed E-state index contributed by atoms with van der Waals surface area (Å²) in [6.07, 6.45) is 17.9. The van der Waals surface area contributed by atoms with Gasteiger partial charge in [-0.1, -0.05) is 44.1 Å². The van der Waals surface area contributed by atoms with E-state index in [0.29, 0.717) is 25.7 Å². The largest absolute Gasteiger partial charge is 0.303 e. The van der Waals surface area contributed by atoms with Crippen molar-refractivity contribution in [3.63, 3.8) is 0 Å². The number of rotatable bonds is 16. The predicted molar refractivity (Wildman–Crippen MR) is 106 cm³/mol. The summed E-state index contributed by atoms with van der Waals surface area (Å²) in [5.41, 5.74) is -0.265. The van der Waals surface area contributed by atoms with Crippen LogP contribution in [0.1, 0.15) is 71.1 Å². The molecule has 150 valence electrons.